The highest BCUT2D eigenvalue weighted by Crippen LogP contribution is 2.24. The summed E-state index contributed by atoms with van der Waals surface area (Å²) in [6.07, 6.45) is 5.93. The molecule has 1 aliphatic heterocycles. The Labute approximate surface area is 113 Å². The van der Waals surface area contributed by atoms with Crippen LogP contribution in [-0.4, -0.2) is 45.5 Å². The van der Waals surface area contributed by atoms with Gasteiger partial charge < -0.3 is 10.3 Å². The second-order valence-corrected chi connectivity index (χ2v) is 5.07. The zero-order valence-electron chi connectivity index (χ0n) is 11.6. The molecule has 5 nitrogen and oxygen atoms in total. The summed E-state index contributed by atoms with van der Waals surface area (Å²) in [5.41, 5.74) is 2.20. The van der Waals surface area contributed by atoms with Crippen LogP contribution in [0.5, 0.6) is 0 Å². The predicted molar refractivity (Wildman–Crippen MR) is 77.4 cm³/mol. The van der Waals surface area contributed by atoms with Crippen molar-refractivity contribution in [2.24, 2.45) is 0 Å². The van der Waals surface area contributed by atoms with Crippen LogP contribution in [0.2, 0.25) is 0 Å². The summed E-state index contributed by atoms with van der Waals surface area (Å²) in [6, 6.07) is 0.652. The van der Waals surface area contributed by atoms with Crippen molar-refractivity contribution in [2.75, 3.05) is 25.0 Å². The van der Waals surface area contributed by atoms with Gasteiger partial charge in [0.2, 0.25) is 0 Å². The number of hydrogen-bond donors (Lipinski definition) is 2. The third-order valence-corrected chi connectivity index (χ3v) is 4.11. The van der Waals surface area contributed by atoms with E-state index in [2.05, 4.69) is 39.0 Å². The molecule has 2 N–H and O–H groups in total. The second kappa shape index (κ2) is 5.17. The van der Waals surface area contributed by atoms with Gasteiger partial charge in [-0.2, -0.15) is 0 Å². The lowest BCUT2D eigenvalue weighted by atomic mass is 10.0. The fourth-order valence-corrected chi connectivity index (χ4v) is 2.80. The number of likely N-dealkylation sites (tertiary alicyclic amines) is 1. The summed E-state index contributed by atoms with van der Waals surface area (Å²) in [4.78, 5) is 14.4. The van der Waals surface area contributed by atoms with Gasteiger partial charge in [-0.1, -0.05) is 13.8 Å². The third-order valence-electron chi connectivity index (χ3n) is 4.11. The molecule has 0 amide bonds. The fraction of sp³-hybridized carbons (Fsp3) is 0.571. The number of nitrogens with one attached hydrogen (secondary N) is 2. The van der Waals surface area contributed by atoms with Crippen LogP contribution in [0.1, 0.15) is 25.8 Å². The smallest absolute Gasteiger partial charge is 0.143 e. The average Bonchev–Trinajstić information content (AvgIpc) is 2.82. The minimum atomic E-state index is 0.652. The number of aromatic nitrogens is 3. The van der Waals surface area contributed by atoms with Crippen LogP contribution in [0.25, 0.3) is 11.0 Å². The maximum Gasteiger partial charge on any atom is 0.143 e. The van der Waals surface area contributed by atoms with E-state index in [1.165, 1.54) is 18.5 Å². The Morgan fingerprint density at radius 2 is 2.32 bits per heavy atom. The highest BCUT2D eigenvalue weighted by atomic mass is 15.2. The van der Waals surface area contributed by atoms with E-state index < -0.39 is 0 Å². The third kappa shape index (κ3) is 2.18. The highest BCUT2D eigenvalue weighted by molar-refractivity contribution is 5.90. The largest absolute Gasteiger partial charge is 0.368 e. The van der Waals surface area contributed by atoms with Crippen LogP contribution < -0.4 is 5.32 Å². The first-order valence-corrected chi connectivity index (χ1v) is 7.12. The maximum absolute atomic E-state index is 4.41. The lowest BCUT2D eigenvalue weighted by molar-refractivity contribution is 0.108. The zero-order valence-corrected chi connectivity index (χ0v) is 11.6. The first kappa shape index (κ1) is 12.4. The van der Waals surface area contributed by atoms with Gasteiger partial charge in [0.15, 0.2) is 0 Å². The van der Waals surface area contributed by atoms with Crippen molar-refractivity contribution >= 4 is 16.9 Å². The average molecular weight is 259 g/mol. The molecule has 1 saturated heterocycles. The van der Waals surface area contributed by atoms with Crippen LogP contribution in [0.4, 0.5) is 5.82 Å². The quantitative estimate of drug-likeness (QED) is 0.862. The normalized spacial score (nSPS) is 19.6. The van der Waals surface area contributed by atoms with Crippen LogP contribution in [0, 0.1) is 0 Å². The molecule has 0 spiro atoms. The Balaban J connectivity index is 1.78. The molecule has 0 radical (unpaired) electrons. The van der Waals surface area contributed by atoms with Gasteiger partial charge in [-0.05, 0) is 24.9 Å². The Morgan fingerprint density at radius 3 is 3.00 bits per heavy atom. The van der Waals surface area contributed by atoms with Gasteiger partial charge in [0.25, 0.3) is 0 Å². The molecule has 3 heterocycles. The fourth-order valence-electron chi connectivity index (χ4n) is 2.80. The Morgan fingerprint density at radius 1 is 1.42 bits per heavy atom. The molecule has 3 rings (SSSR count). The Bertz CT molecular complexity index is 560. The minimum absolute atomic E-state index is 0.652. The SMILES string of the molecule is CCc1c[nH]c2ncnc(NCC3CCN3CC)c12. The van der Waals surface area contributed by atoms with Crippen molar-refractivity contribution in [3.8, 4) is 0 Å². The second-order valence-electron chi connectivity index (χ2n) is 5.07. The first-order valence-electron chi connectivity index (χ1n) is 7.12. The Hall–Kier alpha value is -1.62. The topological polar surface area (TPSA) is 56.8 Å². The molecule has 102 valence electrons. The zero-order chi connectivity index (χ0) is 13.2. The van der Waals surface area contributed by atoms with E-state index in [1.807, 2.05) is 6.20 Å². The molecule has 1 unspecified atom stereocenters. The van der Waals surface area contributed by atoms with E-state index in [1.54, 1.807) is 6.33 Å². The number of fused-ring (bicyclic) bond motifs is 1. The molecule has 5 heteroatoms. The highest BCUT2D eigenvalue weighted by Gasteiger charge is 2.26. The lowest BCUT2D eigenvalue weighted by Crippen LogP contribution is -2.50. The van der Waals surface area contributed by atoms with Gasteiger partial charge in [-0.25, -0.2) is 9.97 Å². The van der Waals surface area contributed by atoms with Crippen molar-refractivity contribution in [3.05, 3.63) is 18.1 Å². The summed E-state index contributed by atoms with van der Waals surface area (Å²) in [6.45, 7) is 7.71. The number of H-pyrrole nitrogens is 1. The lowest BCUT2D eigenvalue weighted by Gasteiger charge is -2.40. The molecule has 1 aliphatic rings. The van der Waals surface area contributed by atoms with Gasteiger partial charge >= 0.3 is 0 Å². The van der Waals surface area contributed by atoms with Gasteiger partial charge in [0.1, 0.15) is 17.8 Å². The molecule has 0 aromatic carbocycles. The summed E-state index contributed by atoms with van der Waals surface area (Å²) in [5, 5.41) is 4.65. The van der Waals surface area contributed by atoms with Gasteiger partial charge in [0.05, 0.1) is 5.39 Å². The maximum atomic E-state index is 4.41. The minimum Gasteiger partial charge on any atom is -0.368 e. The van der Waals surface area contributed by atoms with E-state index in [4.69, 9.17) is 0 Å². The standard InChI is InChI=1S/C14H21N5/c1-3-10-7-15-13-12(10)14(18-9-17-13)16-8-11-5-6-19(11)4-2/h7,9,11H,3-6,8H2,1-2H3,(H2,15,16,17,18). The molecular weight excluding hydrogens is 238 g/mol. The van der Waals surface area contributed by atoms with Crippen LogP contribution in [0.15, 0.2) is 12.5 Å². The summed E-state index contributed by atoms with van der Waals surface area (Å²) in [5.74, 6) is 0.964. The number of aromatic amines is 1. The Kier molecular flexibility index (Phi) is 3.38. The number of hydrogen-bond acceptors (Lipinski definition) is 4. The van der Waals surface area contributed by atoms with Gasteiger partial charge in [-0.3, -0.25) is 4.90 Å². The molecule has 1 fully saturated rings. The van der Waals surface area contributed by atoms with E-state index in [-0.39, 0.29) is 0 Å². The van der Waals surface area contributed by atoms with Crippen LogP contribution in [-0.2, 0) is 6.42 Å². The summed E-state index contributed by atoms with van der Waals surface area (Å²) >= 11 is 0. The number of nitrogens with zero attached hydrogens (tertiary/aromatic N) is 3. The molecule has 1 atom stereocenters. The van der Waals surface area contributed by atoms with E-state index in [9.17, 15) is 0 Å². The number of rotatable bonds is 5. The van der Waals surface area contributed by atoms with E-state index in [0.29, 0.717) is 6.04 Å². The summed E-state index contributed by atoms with van der Waals surface area (Å²) < 4.78 is 0. The number of anilines is 1. The van der Waals surface area contributed by atoms with Crippen LogP contribution >= 0.6 is 0 Å². The van der Waals surface area contributed by atoms with Gasteiger partial charge in [0, 0.05) is 25.3 Å². The van der Waals surface area contributed by atoms with Crippen molar-refractivity contribution in [1.29, 1.82) is 0 Å². The van der Waals surface area contributed by atoms with Crippen LogP contribution in [0.3, 0.4) is 0 Å². The van der Waals surface area contributed by atoms with Crippen molar-refractivity contribution in [3.63, 3.8) is 0 Å². The molecular formula is C14H21N5. The summed E-state index contributed by atoms with van der Waals surface area (Å²) in [7, 11) is 0. The van der Waals surface area contributed by atoms with E-state index in [0.717, 1.165) is 36.4 Å². The molecule has 2 aromatic heterocycles. The first-order chi connectivity index (χ1) is 9.33. The van der Waals surface area contributed by atoms with Crippen molar-refractivity contribution in [2.45, 2.75) is 32.7 Å². The predicted octanol–water partition coefficient (Wildman–Crippen LogP) is 2.03. The van der Waals surface area contributed by atoms with Crippen molar-refractivity contribution in [1.82, 2.24) is 19.9 Å². The monoisotopic (exact) mass is 259 g/mol. The van der Waals surface area contributed by atoms with Gasteiger partial charge in [-0.15, -0.1) is 0 Å². The number of likely N-dealkylation sites (N-methyl/N-ethyl adjacent to an activating group) is 1. The molecule has 0 aliphatic carbocycles. The molecule has 0 bridgehead atoms. The van der Waals surface area contributed by atoms with E-state index >= 15 is 0 Å². The number of aryl methyl sites for hydroxylation is 1. The molecule has 19 heavy (non-hydrogen) atoms. The molecule has 2 aromatic rings. The van der Waals surface area contributed by atoms with Crippen molar-refractivity contribution < 1.29 is 0 Å². The molecule has 0 saturated carbocycles.